The molecule has 2 N–H and O–H groups in total. The van der Waals surface area contributed by atoms with Crippen molar-refractivity contribution in [1.29, 1.82) is 0 Å². The van der Waals surface area contributed by atoms with Crippen molar-refractivity contribution in [3.05, 3.63) is 41.5 Å². The average molecular weight is 271 g/mol. The van der Waals surface area contributed by atoms with Crippen LogP contribution in [-0.4, -0.2) is 22.0 Å². The third kappa shape index (κ3) is 3.04. The number of hydrogen-bond acceptors (Lipinski definition) is 5. The smallest absolute Gasteiger partial charge is 0.135 e. The molecule has 2 aromatic rings. The normalized spacial score (nSPS) is 12.0. The molecule has 0 aliphatic heterocycles. The van der Waals surface area contributed by atoms with E-state index in [4.69, 9.17) is 0 Å². The number of rotatable bonds is 5. The zero-order valence-electron chi connectivity index (χ0n) is 12.4. The van der Waals surface area contributed by atoms with E-state index in [2.05, 4.69) is 39.4 Å². The third-order valence-electron chi connectivity index (χ3n) is 3.23. The molecule has 0 saturated carbocycles. The van der Waals surface area contributed by atoms with Crippen molar-refractivity contribution in [1.82, 2.24) is 15.0 Å². The van der Waals surface area contributed by atoms with Gasteiger partial charge in [-0.2, -0.15) is 0 Å². The first-order valence-corrected chi connectivity index (χ1v) is 6.88. The highest BCUT2D eigenvalue weighted by Crippen LogP contribution is 2.23. The maximum atomic E-state index is 4.57. The van der Waals surface area contributed by atoms with Crippen LogP contribution in [0.25, 0.3) is 0 Å². The van der Waals surface area contributed by atoms with Crippen LogP contribution in [0.4, 0.5) is 11.6 Å². The molecule has 5 heteroatoms. The van der Waals surface area contributed by atoms with Crippen molar-refractivity contribution in [2.24, 2.45) is 0 Å². The fraction of sp³-hybridized carbons (Fsp3) is 0.400. The van der Waals surface area contributed by atoms with Gasteiger partial charge in [0.15, 0.2) is 0 Å². The minimum atomic E-state index is 0.0965. The second kappa shape index (κ2) is 6.32. The maximum Gasteiger partial charge on any atom is 0.135 e. The van der Waals surface area contributed by atoms with Crippen LogP contribution in [0.2, 0.25) is 0 Å². The van der Waals surface area contributed by atoms with Crippen molar-refractivity contribution in [2.45, 2.75) is 33.2 Å². The second-order valence-electron chi connectivity index (χ2n) is 4.69. The summed E-state index contributed by atoms with van der Waals surface area (Å²) in [6.07, 6.45) is 2.61. The Balaban J connectivity index is 2.28. The zero-order chi connectivity index (χ0) is 14.5. The topological polar surface area (TPSA) is 62.7 Å². The Morgan fingerprint density at radius 2 is 1.95 bits per heavy atom. The van der Waals surface area contributed by atoms with Crippen LogP contribution in [-0.2, 0) is 6.42 Å². The molecular weight excluding hydrogens is 250 g/mol. The van der Waals surface area contributed by atoms with E-state index in [1.54, 1.807) is 6.20 Å². The molecule has 0 aliphatic rings. The fourth-order valence-corrected chi connectivity index (χ4v) is 2.02. The molecule has 2 heterocycles. The molecule has 0 saturated heterocycles. The molecule has 0 aromatic carbocycles. The molecule has 2 aromatic heterocycles. The molecule has 0 aliphatic carbocycles. The van der Waals surface area contributed by atoms with E-state index in [0.29, 0.717) is 0 Å². The van der Waals surface area contributed by atoms with E-state index in [-0.39, 0.29) is 6.04 Å². The van der Waals surface area contributed by atoms with Crippen molar-refractivity contribution in [3.63, 3.8) is 0 Å². The number of nitrogens with zero attached hydrogens (tertiary/aromatic N) is 3. The SMILES string of the molecule is CCc1nc(NC)c(C)c(NC(C)c2ccccn2)n1. The predicted molar refractivity (Wildman–Crippen MR) is 82.0 cm³/mol. The Morgan fingerprint density at radius 3 is 2.55 bits per heavy atom. The van der Waals surface area contributed by atoms with Gasteiger partial charge in [0.1, 0.15) is 17.5 Å². The van der Waals surface area contributed by atoms with Crippen LogP contribution in [0.5, 0.6) is 0 Å². The number of hydrogen-bond donors (Lipinski definition) is 2. The average Bonchev–Trinajstić information content (AvgIpc) is 2.50. The summed E-state index contributed by atoms with van der Waals surface area (Å²) in [5.74, 6) is 2.56. The van der Waals surface area contributed by atoms with E-state index in [9.17, 15) is 0 Å². The van der Waals surface area contributed by atoms with Gasteiger partial charge in [-0.15, -0.1) is 0 Å². The van der Waals surface area contributed by atoms with Gasteiger partial charge in [0.25, 0.3) is 0 Å². The van der Waals surface area contributed by atoms with Gasteiger partial charge < -0.3 is 10.6 Å². The first-order chi connectivity index (χ1) is 9.65. The van der Waals surface area contributed by atoms with Crippen molar-refractivity contribution < 1.29 is 0 Å². The van der Waals surface area contributed by atoms with Crippen molar-refractivity contribution in [3.8, 4) is 0 Å². The van der Waals surface area contributed by atoms with Gasteiger partial charge in [-0.1, -0.05) is 13.0 Å². The quantitative estimate of drug-likeness (QED) is 0.875. The molecule has 0 bridgehead atoms. The van der Waals surface area contributed by atoms with Crippen LogP contribution in [0.3, 0.4) is 0 Å². The Kier molecular flexibility index (Phi) is 4.50. The highest BCUT2D eigenvalue weighted by atomic mass is 15.1. The lowest BCUT2D eigenvalue weighted by atomic mass is 10.2. The number of nitrogens with one attached hydrogen (secondary N) is 2. The molecule has 0 fully saturated rings. The second-order valence-corrected chi connectivity index (χ2v) is 4.69. The zero-order valence-corrected chi connectivity index (χ0v) is 12.4. The van der Waals surface area contributed by atoms with Crippen LogP contribution < -0.4 is 10.6 Å². The minimum Gasteiger partial charge on any atom is -0.373 e. The summed E-state index contributed by atoms with van der Waals surface area (Å²) in [5, 5.41) is 6.54. The Bertz CT molecular complexity index is 568. The highest BCUT2D eigenvalue weighted by Gasteiger charge is 2.13. The molecule has 0 amide bonds. The largest absolute Gasteiger partial charge is 0.373 e. The summed E-state index contributed by atoms with van der Waals surface area (Å²) in [7, 11) is 1.88. The van der Waals surface area contributed by atoms with Gasteiger partial charge in [0.05, 0.1) is 11.7 Å². The molecular formula is C15H21N5. The molecule has 0 spiro atoms. The molecule has 5 nitrogen and oxygen atoms in total. The number of aryl methyl sites for hydroxylation is 1. The Labute approximate surface area is 119 Å². The summed E-state index contributed by atoms with van der Waals surface area (Å²) in [5.41, 5.74) is 2.02. The minimum absolute atomic E-state index is 0.0965. The lowest BCUT2D eigenvalue weighted by Gasteiger charge is -2.18. The van der Waals surface area contributed by atoms with E-state index >= 15 is 0 Å². The Morgan fingerprint density at radius 1 is 1.20 bits per heavy atom. The molecule has 1 unspecified atom stereocenters. The summed E-state index contributed by atoms with van der Waals surface area (Å²) in [6.45, 7) is 6.14. The van der Waals surface area contributed by atoms with Crippen molar-refractivity contribution in [2.75, 3.05) is 17.7 Å². The number of aromatic nitrogens is 3. The predicted octanol–water partition coefficient (Wildman–Crippen LogP) is 2.96. The van der Waals surface area contributed by atoms with Gasteiger partial charge in [-0.25, -0.2) is 9.97 Å². The Hall–Kier alpha value is -2.17. The van der Waals surface area contributed by atoms with Crippen LogP contribution >= 0.6 is 0 Å². The van der Waals surface area contributed by atoms with Gasteiger partial charge in [0.2, 0.25) is 0 Å². The number of pyridine rings is 1. The van der Waals surface area contributed by atoms with E-state index in [1.165, 1.54) is 0 Å². The number of anilines is 2. The van der Waals surface area contributed by atoms with E-state index < -0.39 is 0 Å². The van der Waals surface area contributed by atoms with Gasteiger partial charge in [0, 0.05) is 25.2 Å². The summed E-state index contributed by atoms with van der Waals surface area (Å²) in [6, 6.07) is 6.01. The van der Waals surface area contributed by atoms with Gasteiger partial charge in [-0.3, -0.25) is 4.98 Å². The standard InChI is InChI=1S/C15H21N5/c1-5-13-19-14(16-4)10(2)15(20-13)18-11(3)12-8-6-7-9-17-12/h6-9,11H,5H2,1-4H3,(H2,16,18,19,20). The van der Waals surface area contributed by atoms with E-state index in [1.807, 2.05) is 32.2 Å². The lowest BCUT2D eigenvalue weighted by Crippen LogP contribution is -2.13. The summed E-state index contributed by atoms with van der Waals surface area (Å²) < 4.78 is 0. The molecule has 0 radical (unpaired) electrons. The summed E-state index contributed by atoms with van der Waals surface area (Å²) >= 11 is 0. The van der Waals surface area contributed by atoms with Crippen LogP contribution in [0.15, 0.2) is 24.4 Å². The van der Waals surface area contributed by atoms with Gasteiger partial charge >= 0.3 is 0 Å². The van der Waals surface area contributed by atoms with Crippen molar-refractivity contribution >= 4 is 11.6 Å². The maximum absolute atomic E-state index is 4.57. The van der Waals surface area contributed by atoms with Gasteiger partial charge in [-0.05, 0) is 26.0 Å². The first kappa shape index (κ1) is 14.2. The molecule has 106 valence electrons. The highest BCUT2D eigenvalue weighted by molar-refractivity contribution is 5.57. The molecule has 1 atom stereocenters. The first-order valence-electron chi connectivity index (χ1n) is 6.88. The fourth-order valence-electron chi connectivity index (χ4n) is 2.02. The monoisotopic (exact) mass is 271 g/mol. The van der Waals surface area contributed by atoms with Crippen LogP contribution in [0, 0.1) is 6.92 Å². The summed E-state index contributed by atoms with van der Waals surface area (Å²) in [4.78, 5) is 13.4. The lowest BCUT2D eigenvalue weighted by molar-refractivity contribution is 0.819. The van der Waals surface area contributed by atoms with Crippen LogP contribution in [0.1, 0.15) is 37.0 Å². The molecule has 20 heavy (non-hydrogen) atoms. The third-order valence-corrected chi connectivity index (χ3v) is 3.23. The molecule has 2 rings (SSSR count). The van der Waals surface area contributed by atoms with E-state index in [0.717, 1.165) is 35.1 Å².